The predicted octanol–water partition coefficient (Wildman–Crippen LogP) is 3.97. The molecule has 5 rings (SSSR count). The molecule has 0 spiro atoms. The third kappa shape index (κ3) is 3.53. The number of hydrogen-bond acceptors (Lipinski definition) is 5. The van der Waals surface area contributed by atoms with Crippen LogP contribution in [-0.4, -0.2) is 27.9 Å². The zero-order valence-electron chi connectivity index (χ0n) is 16.4. The number of rotatable bonds is 3. The van der Waals surface area contributed by atoms with Gasteiger partial charge in [0, 0.05) is 53.3 Å². The molecule has 30 heavy (non-hydrogen) atoms. The molecule has 146 valence electrons. The van der Waals surface area contributed by atoms with Crippen molar-refractivity contribution in [2.24, 2.45) is 5.92 Å². The van der Waals surface area contributed by atoms with Gasteiger partial charge < -0.3 is 10.6 Å². The molecular formula is C24H19N5O. The van der Waals surface area contributed by atoms with Crippen LogP contribution in [0.25, 0.3) is 21.7 Å². The van der Waals surface area contributed by atoms with Crippen LogP contribution < -0.4 is 10.6 Å². The van der Waals surface area contributed by atoms with Crippen LogP contribution in [0.1, 0.15) is 24.0 Å². The van der Waals surface area contributed by atoms with Gasteiger partial charge in [0.2, 0.25) is 5.91 Å². The number of fused-ring (bicyclic) bond motifs is 2. The van der Waals surface area contributed by atoms with Crippen molar-refractivity contribution in [2.75, 3.05) is 17.7 Å². The van der Waals surface area contributed by atoms with E-state index >= 15 is 0 Å². The maximum absolute atomic E-state index is 12.1. The Kier molecular flexibility index (Phi) is 4.49. The molecule has 6 heteroatoms. The minimum Gasteiger partial charge on any atom is -0.373 e. The fraction of sp³-hybridized carbons (Fsp3) is 0.167. The molecule has 1 saturated carbocycles. The highest BCUT2D eigenvalue weighted by Crippen LogP contribution is 2.31. The Morgan fingerprint density at radius 2 is 1.93 bits per heavy atom. The van der Waals surface area contributed by atoms with Crippen molar-refractivity contribution in [1.82, 2.24) is 15.0 Å². The quantitative estimate of drug-likeness (QED) is 0.515. The highest BCUT2D eigenvalue weighted by molar-refractivity contribution is 5.99. The third-order valence-electron chi connectivity index (χ3n) is 5.15. The molecule has 0 bridgehead atoms. The summed E-state index contributed by atoms with van der Waals surface area (Å²) >= 11 is 0. The lowest BCUT2D eigenvalue weighted by Gasteiger charge is -2.09. The fourth-order valence-corrected chi connectivity index (χ4v) is 3.37. The van der Waals surface area contributed by atoms with Gasteiger partial charge in [-0.25, -0.2) is 9.97 Å². The van der Waals surface area contributed by atoms with Gasteiger partial charge in [-0.15, -0.1) is 0 Å². The monoisotopic (exact) mass is 393 g/mol. The number of aromatic nitrogens is 3. The molecule has 0 saturated heterocycles. The number of anilines is 2. The molecule has 1 aliphatic carbocycles. The second kappa shape index (κ2) is 7.45. The van der Waals surface area contributed by atoms with Gasteiger partial charge in [-0.1, -0.05) is 17.9 Å². The lowest BCUT2D eigenvalue weighted by molar-refractivity contribution is -0.117. The number of hydrogen-bond donors (Lipinski definition) is 2. The zero-order chi connectivity index (χ0) is 20.5. The number of carbonyl (C=O) groups is 1. The predicted molar refractivity (Wildman–Crippen MR) is 118 cm³/mol. The number of nitrogens with zero attached hydrogens (tertiary/aromatic N) is 3. The Balaban J connectivity index is 1.55. The van der Waals surface area contributed by atoms with E-state index in [0.29, 0.717) is 5.82 Å². The number of carbonyl (C=O) groups excluding carboxylic acids is 1. The van der Waals surface area contributed by atoms with E-state index in [-0.39, 0.29) is 11.8 Å². The normalized spacial score (nSPS) is 13.0. The van der Waals surface area contributed by atoms with Crippen LogP contribution in [0.5, 0.6) is 0 Å². The molecule has 1 fully saturated rings. The SMILES string of the molecule is CNc1ncc(C#Cc2ccc3ncccc3c2)c2cc(NC(=O)C3CC3)ncc12. The van der Waals surface area contributed by atoms with Crippen LogP contribution in [0.4, 0.5) is 11.6 Å². The van der Waals surface area contributed by atoms with E-state index in [1.165, 1.54) is 0 Å². The zero-order valence-corrected chi connectivity index (χ0v) is 16.4. The van der Waals surface area contributed by atoms with Crippen LogP contribution >= 0.6 is 0 Å². The van der Waals surface area contributed by atoms with Gasteiger partial charge in [0.15, 0.2) is 0 Å². The Labute approximate surface area is 173 Å². The van der Waals surface area contributed by atoms with Crippen LogP contribution in [0, 0.1) is 17.8 Å². The maximum atomic E-state index is 12.1. The molecule has 3 heterocycles. The van der Waals surface area contributed by atoms with E-state index < -0.39 is 0 Å². The van der Waals surface area contributed by atoms with Crippen LogP contribution in [0.15, 0.2) is 55.0 Å². The van der Waals surface area contributed by atoms with Crippen molar-refractivity contribution < 1.29 is 4.79 Å². The highest BCUT2D eigenvalue weighted by atomic mass is 16.2. The first kappa shape index (κ1) is 18.1. The number of pyridine rings is 3. The van der Waals surface area contributed by atoms with Crippen molar-refractivity contribution in [3.63, 3.8) is 0 Å². The number of benzene rings is 1. The van der Waals surface area contributed by atoms with Gasteiger partial charge in [0.05, 0.1) is 11.1 Å². The summed E-state index contributed by atoms with van der Waals surface area (Å²) in [6.45, 7) is 0. The lowest BCUT2D eigenvalue weighted by atomic mass is 10.1. The van der Waals surface area contributed by atoms with Crippen LogP contribution in [0.3, 0.4) is 0 Å². The van der Waals surface area contributed by atoms with E-state index in [1.807, 2.05) is 43.4 Å². The van der Waals surface area contributed by atoms with Crippen molar-refractivity contribution in [2.45, 2.75) is 12.8 Å². The molecule has 6 nitrogen and oxygen atoms in total. The van der Waals surface area contributed by atoms with E-state index in [4.69, 9.17) is 0 Å². The Bertz CT molecular complexity index is 1350. The molecule has 1 aliphatic rings. The minimum absolute atomic E-state index is 0.0298. The summed E-state index contributed by atoms with van der Waals surface area (Å²) < 4.78 is 0. The topological polar surface area (TPSA) is 79.8 Å². The molecule has 3 aromatic heterocycles. The van der Waals surface area contributed by atoms with Crippen molar-refractivity contribution >= 4 is 39.2 Å². The van der Waals surface area contributed by atoms with Gasteiger partial charge in [0.1, 0.15) is 11.6 Å². The maximum Gasteiger partial charge on any atom is 0.228 e. The first-order chi connectivity index (χ1) is 14.7. The summed E-state index contributed by atoms with van der Waals surface area (Å²) in [5.74, 6) is 7.87. The number of nitrogens with one attached hydrogen (secondary N) is 2. The molecule has 4 aromatic rings. The Morgan fingerprint density at radius 3 is 2.77 bits per heavy atom. The van der Waals surface area contributed by atoms with E-state index in [1.54, 1.807) is 18.6 Å². The van der Waals surface area contributed by atoms with Gasteiger partial charge in [-0.3, -0.25) is 9.78 Å². The summed E-state index contributed by atoms with van der Waals surface area (Å²) in [5.41, 5.74) is 2.62. The summed E-state index contributed by atoms with van der Waals surface area (Å²) in [5, 5.41) is 8.79. The summed E-state index contributed by atoms with van der Waals surface area (Å²) in [4.78, 5) is 25.3. The van der Waals surface area contributed by atoms with Gasteiger partial charge >= 0.3 is 0 Å². The highest BCUT2D eigenvalue weighted by Gasteiger charge is 2.29. The third-order valence-corrected chi connectivity index (χ3v) is 5.15. The average molecular weight is 393 g/mol. The molecule has 2 N–H and O–H groups in total. The molecule has 0 atom stereocenters. The van der Waals surface area contributed by atoms with E-state index in [2.05, 4.69) is 37.4 Å². The molecule has 0 radical (unpaired) electrons. The smallest absolute Gasteiger partial charge is 0.228 e. The van der Waals surface area contributed by atoms with Crippen molar-refractivity contribution in [3.8, 4) is 11.8 Å². The van der Waals surface area contributed by atoms with Crippen LogP contribution in [-0.2, 0) is 4.79 Å². The number of amides is 1. The van der Waals surface area contributed by atoms with Crippen LogP contribution in [0.2, 0.25) is 0 Å². The second-order valence-corrected chi connectivity index (χ2v) is 7.31. The average Bonchev–Trinajstić information content (AvgIpc) is 3.63. The van der Waals surface area contributed by atoms with Gasteiger partial charge in [-0.05, 0) is 43.2 Å². The van der Waals surface area contributed by atoms with Crippen molar-refractivity contribution in [3.05, 3.63) is 66.1 Å². The molecule has 1 amide bonds. The first-order valence-electron chi connectivity index (χ1n) is 9.85. The standard InChI is InChI=1S/C24H19N5O/c1-25-23-20-14-27-22(29-24(30)16-7-8-16)12-19(20)18(13-28-23)6-4-15-5-9-21-17(11-15)3-2-10-26-21/h2-3,5,9-14,16H,7-8H2,1H3,(H,25,28)(H,27,29,30). The fourth-order valence-electron chi connectivity index (χ4n) is 3.37. The van der Waals surface area contributed by atoms with Gasteiger partial charge in [0.25, 0.3) is 0 Å². The Hall–Kier alpha value is -3.98. The first-order valence-corrected chi connectivity index (χ1v) is 9.85. The summed E-state index contributed by atoms with van der Waals surface area (Å²) in [6.07, 6.45) is 7.15. The molecular weight excluding hydrogens is 374 g/mol. The summed E-state index contributed by atoms with van der Waals surface area (Å²) in [6, 6.07) is 11.8. The minimum atomic E-state index is 0.0298. The van der Waals surface area contributed by atoms with E-state index in [0.717, 1.165) is 51.5 Å². The largest absolute Gasteiger partial charge is 0.373 e. The lowest BCUT2D eigenvalue weighted by Crippen LogP contribution is -2.14. The Morgan fingerprint density at radius 1 is 1.03 bits per heavy atom. The van der Waals surface area contributed by atoms with Crippen molar-refractivity contribution in [1.29, 1.82) is 0 Å². The summed E-state index contributed by atoms with van der Waals surface area (Å²) in [7, 11) is 1.82. The molecule has 0 unspecified atom stereocenters. The van der Waals surface area contributed by atoms with E-state index in [9.17, 15) is 4.79 Å². The van der Waals surface area contributed by atoms with Gasteiger partial charge in [-0.2, -0.15) is 0 Å². The molecule has 0 aliphatic heterocycles. The molecule has 1 aromatic carbocycles. The second-order valence-electron chi connectivity index (χ2n) is 7.31.